The van der Waals surface area contributed by atoms with Crippen LogP contribution in [0.4, 0.5) is 5.69 Å². The first-order chi connectivity index (χ1) is 16.0. The summed E-state index contributed by atoms with van der Waals surface area (Å²) in [6.45, 7) is 2.23. The Hall–Kier alpha value is -3.48. The molecular formula is C26H27N3O4. The van der Waals surface area contributed by atoms with Gasteiger partial charge < -0.3 is 9.64 Å². The molecule has 1 aliphatic heterocycles. The van der Waals surface area contributed by atoms with Crippen molar-refractivity contribution in [3.63, 3.8) is 0 Å². The van der Waals surface area contributed by atoms with Gasteiger partial charge in [-0.1, -0.05) is 30.3 Å². The molecule has 33 heavy (non-hydrogen) atoms. The normalized spacial score (nSPS) is 16.3. The molecule has 2 aromatic carbocycles. The van der Waals surface area contributed by atoms with Crippen LogP contribution in [0.3, 0.4) is 0 Å². The molecule has 170 valence electrons. The summed E-state index contributed by atoms with van der Waals surface area (Å²) < 4.78 is 7.22. The molecule has 1 atom stereocenters. The molecule has 1 saturated carbocycles. The Balaban J connectivity index is 1.27. The lowest BCUT2D eigenvalue weighted by atomic mass is 10.0. The molecule has 5 rings (SSSR count). The molecule has 1 aliphatic carbocycles. The van der Waals surface area contributed by atoms with E-state index in [4.69, 9.17) is 4.74 Å². The number of fused-ring (bicyclic) bond motifs is 2. The van der Waals surface area contributed by atoms with Crippen molar-refractivity contribution >= 4 is 28.5 Å². The quantitative estimate of drug-likeness (QED) is 0.542. The molecule has 0 N–H and O–H groups in total. The van der Waals surface area contributed by atoms with Gasteiger partial charge in [0.1, 0.15) is 5.82 Å². The van der Waals surface area contributed by atoms with Crippen LogP contribution in [0.2, 0.25) is 0 Å². The second-order valence-electron chi connectivity index (χ2n) is 8.81. The van der Waals surface area contributed by atoms with E-state index >= 15 is 0 Å². The van der Waals surface area contributed by atoms with E-state index < -0.39 is 12.1 Å². The summed E-state index contributed by atoms with van der Waals surface area (Å²) in [4.78, 5) is 45.0. The molecule has 1 fully saturated rings. The Morgan fingerprint density at radius 3 is 2.70 bits per heavy atom. The van der Waals surface area contributed by atoms with Crippen LogP contribution < -0.4 is 10.5 Å². The standard InChI is InChI=1S/C26H27N3O4/c1-17(25(31)28-16-6-8-18-7-2-5-11-22(18)28)33-24(30)15-14-23-27-21-10-4-3-9-20(21)26(32)29(23)19-12-13-19/h2-5,7,9-11,17,19H,6,8,12-16H2,1H3. The summed E-state index contributed by atoms with van der Waals surface area (Å²) >= 11 is 0. The molecular weight excluding hydrogens is 418 g/mol. The number of benzene rings is 2. The van der Waals surface area contributed by atoms with Gasteiger partial charge >= 0.3 is 5.97 Å². The maximum Gasteiger partial charge on any atom is 0.307 e. The summed E-state index contributed by atoms with van der Waals surface area (Å²) in [6.07, 6.45) is 3.19. The largest absolute Gasteiger partial charge is 0.453 e. The second kappa shape index (κ2) is 8.81. The average molecular weight is 446 g/mol. The number of para-hydroxylation sites is 2. The van der Waals surface area contributed by atoms with Gasteiger partial charge in [-0.25, -0.2) is 4.98 Å². The number of rotatable bonds is 6. The minimum atomic E-state index is -0.876. The predicted octanol–water partition coefficient (Wildman–Crippen LogP) is 3.58. The van der Waals surface area contributed by atoms with E-state index in [1.54, 1.807) is 22.5 Å². The Morgan fingerprint density at radius 1 is 1.12 bits per heavy atom. The minimum absolute atomic E-state index is 0.0567. The van der Waals surface area contributed by atoms with Crippen LogP contribution in [0.25, 0.3) is 10.9 Å². The summed E-state index contributed by atoms with van der Waals surface area (Å²) in [5.74, 6) is -0.0813. The molecule has 0 radical (unpaired) electrons. The first-order valence-corrected chi connectivity index (χ1v) is 11.6. The molecule has 7 heteroatoms. The van der Waals surface area contributed by atoms with Gasteiger partial charge in [-0.05, 0) is 56.4 Å². The van der Waals surface area contributed by atoms with Gasteiger partial charge in [-0.15, -0.1) is 0 Å². The second-order valence-corrected chi connectivity index (χ2v) is 8.81. The number of amides is 1. The number of anilines is 1. The van der Waals surface area contributed by atoms with E-state index in [1.807, 2.05) is 42.5 Å². The molecule has 1 unspecified atom stereocenters. The van der Waals surface area contributed by atoms with Crippen molar-refractivity contribution in [2.24, 2.45) is 0 Å². The summed E-state index contributed by atoms with van der Waals surface area (Å²) in [5.41, 5.74) is 2.61. The monoisotopic (exact) mass is 445 g/mol. The third-order valence-corrected chi connectivity index (χ3v) is 6.38. The zero-order valence-electron chi connectivity index (χ0n) is 18.7. The van der Waals surface area contributed by atoms with Crippen molar-refractivity contribution in [1.29, 1.82) is 0 Å². The average Bonchev–Trinajstić information content (AvgIpc) is 3.67. The fourth-order valence-electron chi connectivity index (χ4n) is 4.58. The van der Waals surface area contributed by atoms with E-state index in [0.29, 0.717) is 29.7 Å². The van der Waals surface area contributed by atoms with Gasteiger partial charge in [-0.2, -0.15) is 0 Å². The van der Waals surface area contributed by atoms with Crippen LogP contribution in [0.1, 0.15) is 50.0 Å². The Kier molecular flexibility index (Phi) is 5.70. The fourth-order valence-corrected chi connectivity index (χ4v) is 4.58. The van der Waals surface area contributed by atoms with Crippen molar-refractivity contribution in [3.05, 3.63) is 70.3 Å². The van der Waals surface area contributed by atoms with Gasteiger partial charge in [0.25, 0.3) is 11.5 Å². The number of aromatic nitrogens is 2. The van der Waals surface area contributed by atoms with E-state index in [2.05, 4.69) is 4.98 Å². The third kappa shape index (κ3) is 4.27. The van der Waals surface area contributed by atoms with Crippen molar-refractivity contribution in [1.82, 2.24) is 9.55 Å². The van der Waals surface area contributed by atoms with Crippen LogP contribution in [-0.4, -0.2) is 34.1 Å². The molecule has 0 saturated heterocycles. The highest BCUT2D eigenvalue weighted by molar-refractivity contribution is 5.98. The van der Waals surface area contributed by atoms with E-state index in [-0.39, 0.29) is 23.9 Å². The zero-order valence-corrected chi connectivity index (χ0v) is 18.7. The van der Waals surface area contributed by atoms with Gasteiger partial charge in [0.15, 0.2) is 6.10 Å². The van der Waals surface area contributed by atoms with E-state index in [0.717, 1.165) is 36.9 Å². The van der Waals surface area contributed by atoms with Gasteiger partial charge in [0, 0.05) is 24.7 Å². The maximum absolute atomic E-state index is 13.0. The van der Waals surface area contributed by atoms with Crippen LogP contribution in [0.5, 0.6) is 0 Å². The fraction of sp³-hybridized carbons (Fsp3) is 0.385. The van der Waals surface area contributed by atoms with Gasteiger partial charge in [0.2, 0.25) is 0 Å². The van der Waals surface area contributed by atoms with Crippen molar-refractivity contribution in [2.75, 3.05) is 11.4 Å². The number of hydrogen-bond donors (Lipinski definition) is 0. The number of nitrogens with zero attached hydrogens (tertiary/aromatic N) is 3. The Labute approximate surface area is 192 Å². The molecule has 7 nitrogen and oxygen atoms in total. The van der Waals surface area contributed by atoms with Crippen LogP contribution in [-0.2, 0) is 27.2 Å². The zero-order chi connectivity index (χ0) is 22.9. The minimum Gasteiger partial charge on any atom is -0.453 e. The first kappa shape index (κ1) is 21.4. The molecule has 0 spiro atoms. The summed E-state index contributed by atoms with van der Waals surface area (Å²) in [7, 11) is 0. The van der Waals surface area contributed by atoms with Gasteiger partial charge in [-0.3, -0.25) is 19.0 Å². The molecule has 1 amide bonds. The SMILES string of the molecule is CC(OC(=O)CCc1nc2ccccc2c(=O)n1C1CC1)C(=O)N1CCCc2ccccc21. The lowest BCUT2D eigenvalue weighted by molar-refractivity contribution is -0.153. The number of esters is 1. The molecule has 2 aliphatic rings. The molecule has 3 aromatic rings. The predicted molar refractivity (Wildman–Crippen MR) is 125 cm³/mol. The van der Waals surface area contributed by atoms with Crippen molar-refractivity contribution < 1.29 is 14.3 Å². The number of aryl methyl sites for hydroxylation is 2. The smallest absolute Gasteiger partial charge is 0.307 e. The number of carbonyl (C=O) groups excluding carboxylic acids is 2. The van der Waals surface area contributed by atoms with E-state index in [1.165, 1.54) is 0 Å². The number of hydrogen-bond acceptors (Lipinski definition) is 5. The van der Waals surface area contributed by atoms with E-state index in [9.17, 15) is 14.4 Å². The highest BCUT2D eigenvalue weighted by atomic mass is 16.5. The van der Waals surface area contributed by atoms with Crippen molar-refractivity contribution in [2.45, 2.75) is 57.6 Å². The Morgan fingerprint density at radius 2 is 1.88 bits per heavy atom. The number of ether oxygens (including phenoxy) is 1. The van der Waals surface area contributed by atoms with Crippen LogP contribution >= 0.6 is 0 Å². The highest BCUT2D eigenvalue weighted by Gasteiger charge is 2.30. The molecule has 1 aromatic heterocycles. The molecule has 0 bridgehead atoms. The van der Waals surface area contributed by atoms with Crippen LogP contribution in [0, 0.1) is 0 Å². The molecule has 2 heterocycles. The first-order valence-electron chi connectivity index (χ1n) is 11.6. The maximum atomic E-state index is 13.0. The topological polar surface area (TPSA) is 81.5 Å². The highest BCUT2D eigenvalue weighted by Crippen LogP contribution is 2.35. The summed E-state index contributed by atoms with van der Waals surface area (Å²) in [6, 6.07) is 15.3. The third-order valence-electron chi connectivity index (χ3n) is 6.38. The lowest BCUT2D eigenvalue weighted by Crippen LogP contribution is -2.42. The lowest BCUT2D eigenvalue weighted by Gasteiger charge is -2.31. The Bertz CT molecular complexity index is 1280. The van der Waals surface area contributed by atoms with Crippen LogP contribution in [0.15, 0.2) is 53.3 Å². The van der Waals surface area contributed by atoms with Crippen molar-refractivity contribution in [3.8, 4) is 0 Å². The summed E-state index contributed by atoms with van der Waals surface area (Å²) in [5, 5.41) is 0.594. The number of carbonyl (C=O) groups is 2. The van der Waals surface area contributed by atoms with Gasteiger partial charge in [0.05, 0.1) is 17.3 Å².